The van der Waals surface area contributed by atoms with Crippen molar-refractivity contribution < 1.29 is 9.90 Å². The average molecular weight is 272 g/mol. The van der Waals surface area contributed by atoms with Crippen molar-refractivity contribution in [3.63, 3.8) is 0 Å². The molecule has 0 fully saturated rings. The van der Waals surface area contributed by atoms with Crippen LogP contribution in [0.25, 0.3) is 0 Å². The van der Waals surface area contributed by atoms with E-state index in [9.17, 15) is 4.79 Å². The van der Waals surface area contributed by atoms with Gasteiger partial charge in [0.05, 0.1) is 6.61 Å². The van der Waals surface area contributed by atoms with E-state index in [4.69, 9.17) is 5.11 Å². The van der Waals surface area contributed by atoms with Crippen molar-refractivity contribution in [3.05, 3.63) is 0 Å². The summed E-state index contributed by atoms with van der Waals surface area (Å²) in [5, 5.41) is 14.5. The van der Waals surface area contributed by atoms with Gasteiger partial charge in [-0.25, -0.2) is 0 Å². The molecule has 0 aliphatic carbocycles. The number of rotatable bonds is 14. The zero-order chi connectivity index (χ0) is 14.2. The van der Waals surface area contributed by atoms with Crippen LogP contribution in [0.4, 0.5) is 0 Å². The molecule has 4 nitrogen and oxygen atoms in total. The van der Waals surface area contributed by atoms with Gasteiger partial charge in [0.25, 0.3) is 0 Å². The lowest BCUT2D eigenvalue weighted by Crippen LogP contribution is -2.32. The maximum Gasteiger partial charge on any atom is 0.220 e. The first-order valence-corrected chi connectivity index (χ1v) is 7.89. The second-order valence-corrected chi connectivity index (χ2v) is 5.05. The van der Waals surface area contributed by atoms with Crippen molar-refractivity contribution in [2.24, 2.45) is 0 Å². The third kappa shape index (κ3) is 15.3. The highest BCUT2D eigenvalue weighted by molar-refractivity contribution is 5.75. The molecule has 1 amide bonds. The van der Waals surface area contributed by atoms with Crippen LogP contribution < -0.4 is 10.6 Å². The molecule has 4 heteroatoms. The first-order chi connectivity index (χ1) is 9.31. The summed E-state index contributed by atoms with van der Waals surface area (Å²) in [4.78, 5) is 11.5. The lowest BCUT2D eigenvalue weighted by atomic mass is 10.1. The van der Waals surface area contributed by atoms with E-state index in [0.717, 1.165) is 13.0 Å². The predicted molar refractivity (Wildman–Crippen MR) is 80.2 cm³/mol. The summed E-state index contributed by atoms with van der Waals surface area (Å²) >= 11 is 0. The Bertz CT molecular complexity index is 199. The topological polar surface area (TPSA) is 61.4 Å². The van der Waals surface area contributed by atoms with Crippen LogP contribution in [-0.4, -0.2) is 37.3 Å². The van der Waals surface area contributed by atoms with Gasteiger partial charge in [0, 0.05) is 26.1 Å². The number of unbranched alkanes of at least 4 members (excludes halogenated alkanes) is 7. The number of carbonyl (C=O) groups is 1. The second kappa shape index (κ2) is 15.4. The Morgan fingerprint density at radius 2 is 1.53 bits per heavy atom. The van der Waals surface area contributed by atoms with E-state index in [1.54, 1.807) is 0 Å². The van der Waals surface area contributed by atoms with Gasteiger partial charge in [-0.15, -0.1) is 0 Å². The van der Waals surface area contributed by atoms with Gasteiger partial charge in [-0.05, 0) is 6.42 Å². The van der Waals surface area contributed by atoms with E-state index in [2.05, 4.69) is 17.6 Å². The fraction of sp³-hybridized carbons (Fsp3) is 0.933. The third-order valence-corrected chi connectivity index (χ3v) is 3.17. The molecule has 0 aliphatic rings. The molecule has 0 aliphatic heterocycles. The van der Waals surface area contributed by atoms with Crippen molar-refractivity contribution in [2.75, 3.05) is 26.2 Å². The molecular weight excluding hydrogens is 240 g/mol. The van der Waals surface area contributed by atoms with Crippen LogP contribution in [0.2, 0.25) is 0 Å². The molecule has 0 aromatic heterocycles. The lowest BCUT2D eigenvalue weighted by molar-refractivity contribution is -0.121. The SMILES string of the molecule is CCCCCCCCCCC(=O)NCCNCCO. The fourth-order valence-corrected chi connectivity index (χ4v) is 2.00. The number of aliphatic hydroxyl groups excluding tert-OH is 1. The molecule has 0 aromatic rings. The minimum absolute atomic E-state index is 0.145. The number of carbonyl (C=O) groups excluding carboxylic acids is 1. The Morgan fingerprint density at radius 3 is 2.16 bits per heavy atom. The fourth-order valence-electron chi connectivity index (χ4n) is 2.00. The van der Waals surface area contributed by atoms with Crippen LogP contribution in [0.1, 0.15) is 64.7 Å². The van der Waals surface area contributed by atoms with Gasteiger partial charge in [-0.3, -0.25) is 4.79 Å². The predicted octanol–water partition coefficient (Wildman–Crippen LogP) is 2.22. The van der Waals surface area contributed by atoms with Crippen LogP contribution in [0.15, 0.2) is 0 Å². The van der Waals surface area contributed by atoms with Crippen LogP contribution in [0.5, 0.6) is 0 Å². The molecule has 0 saturated heterocycles. The summed E-state index contributed by atoms with van der Waals surface area (Å²) in [6.07, 6.45) is 10.7. The molecule has 0 saturated carbocycles. The van der Waals surface area contributed by atoms with Crippen molar-refractivity contribution in [1.82, 2.24) is 10.6 Å². The Morgan fingerprint density at radius 1 is 0.895 bits per heavy atom. The Balaban J connectivity index is 3.12. The number of hydrogen-bond acceptors (Lipinski definition) is 3. The van der Waals surface area contributed by atoms with Crippen LogP contribution in [-0.2, 0) is 4.79 Å². The van der Waals surface area contributed by atoms with Crippen LogP contribution in [0.3, 0.4) is 0 Å². The summed E-state index contributed by atoms with van der Waals surface area (Å²) in [6, 6.07) is 0. The van der Waals surface area contributed by atoms with Gasteiger partial charge in [-0.1, -0.05) is 51.9 Å². The van der Waals surface area contributed by atoms with Crippen molar-refractivity contribution >= 4 is 5.91 Å². The van der Waals surface area contributed by atoms with Gasteiger partial charge < -0.3 is 15.7 Å². The van der Waals surface area contributed by atoms with E-state index in [0.29, 0.717) is 19.5 Å². The highest BCUT2D eigenvalue weighted by atomic mass is 16.3. The van der Waals surface area contributed by atoms with Crippen LogP contribution >= 0.6 is 0 Å². The van der Waals surface area contributed by atoms with Crippen LogP contribution in [0, 0.1) is 0 Å². The lowest BCUT2D eigenvalue weighted by Gasteiger charge is -2.06. The highest BCUT2D eigenvalue weighted by Crippen LogP contribution is 2.09. The maximum atomic E-state index is 11.5. The van der Waals surface area contributed by atoms with E-state index in [-0.39, 0.29) is 12.5 Å². The normalized spacial score (nSPS) is 10.6. The molecular formula is C15H32N2O2. The molecule has 0 heterocycles. The van der Waals surface area contributed by atoms with Crippen molar-refractivity contribution in [1.29, 1.82) is 0 Å². The summed E-state index contributed by atoms with van der Waals surface area (Å²) in [7, 11) is 0. The first kappa shape index (κ1) is 18.4. The molecule has 0 atom stereocenters. The molecule has 3 N–H and O–H groups in total. The molecule has 0 bridgehead atoms. The van der Waals surface area contributed by atoms with Gasteiger partial charge in [-0.2, -0.15) is 0 Å². The monoisotopic (exact) mass is 272 g/mol. The number of nitrogens with one attached hydrogen (secondary N) is 2. The zero-order valence-electron chi connectivity index (χ0n) is 12.5. The third-order valence-electron chi connectivity index (χ3n) is 3.17. The molecule has 0 radical (unpaired) electrons. The summed E-state index contributed by atoms with van der Waals surface area (Å²) in [6.45, 7) is 4.34. The summed E-state index contributed by atoms with van der Waals surface area (Å²) in [5.74, 6) is 0.150. The molecule has 114 valence electrons. The maximum absolute atomic E-state index is 11.5. The molecule has 0 unspecified atom stereocenters. The minimum Gasteiger partial charge on any atom is -0.395 e. The van der Waals surface area contributed by atoms with E-state index in [1.807, 2.05) is 0 Å². The van der Waals surface area contributed by atoms with Gasteiger partial charge in [0.2, 0.25) is 5.91 Å². The highest BCUT2D eigenvalue weighted by Gasteiger charge is 1.99. The Labute approximate surface area is 118 Å². The van der Waals surface area contributed by atoms with Crippen molar-refractivity contribution in [2.45, 2.75) is 64.7 Å². The Hall–Kier alpha value is -0.610. The number of aliphatic hydroxyl groups is 1. The standard InChI is InChI=1S/C15H32N2O2/c1-2-3-4-5-6-7-8-9-10-15(19)17-12-11-16-13-14-18/h16,18H,2-14H2,1H3,(H,17,19). The average Bonchev–Trinajstić information content (AvgIpc) is 2.41. The van der Waals surface area contributed by atoms with Gasteiger partial charge in [0.15, 0.2) is 0 Å². The number of hydrogen-bond donors (Lipinski definition) is 3. The summed E-state index contributed by atoms with van der Waals surface area (Å²) in [5.41, 5.74) is 0. The smallest absolute Gasteiger partial charge is 0.220 e. The van der Waals surface area contributed by atoms with E-state index in [1.165, 1.54) is 44.9 Å². The van der Waals surface area contributed by atoms with E-state index >= 15 is 0 Å². The summed E-state index contributed by atoms with van der Waals surface area (Å²) < 4.78 is 0. The van der Waals surface area contributed by atoms with Gasteiger partial charge >= 0.3 is 0 Å². The quantitative estimate of drug-likeness (QED) is 0.425. The van der Waals surface area contributed by atoms with E-state index < -0.39 is 0 Å². The molecule has 19 heavy (non-hydrogen) atoms. The minimum atomic E-state index is 0.145. The largest absolute Gasteiger partial charge is 0.395 e. The number of amides is 1. The molecule has 0 aromatic carbocycles. The molecule has 0 spiro atoms. The van der Waals surface area contributed by atoms with Crippen molar-refractivity contribution in [3.8, 4) is 0 Å². The molecule has 0 rings (SSSR count). The first-order valence-electron chi connectivity index (χ1n) is 7.89. The van der Waals surface area contributed by atoms with Gasteiger partial charge in [0.1, 0.15) is 0 Å². The second-order valence-electron chi connectivity index (χ2n) is 5.05. The Kier molecular flexibility index (Phi) is 15.0. The zero-order valence-corrected chi connectivity index (χ0v) is 12.5.